The first-order valence-electron chi connectivity index (χ1n) is 7.59. The highest BCUT2D eigenvalue weighted by Gasteiger charge is 2.45. The zero-order valence-electron chi connectivity index (χ0n) is 13.3. The van der Waals surface area contributed by atoms with Gasteiger partial charge in [-0.1, -0.05) is 11.2 Å². The number of benzene rings is 1. The number of rotatable bonds is 4. The number of fused-ring (bicyclic) bond motifs is 1. The van der Waals surface area contributed by atoms with Gasteiger partial charge < -0.3 is 5.32 Å². The van der Waals surface area contributed by atoms with Gasteiger partial charge in [0.2, 0.25) is 17.7 Å². The molecule has 2 aliphatic rings. The molecule has 11 nitrogen and oxygen atoms in total. The zero-order valence-corrected chi connectivity index (χ0v) is 13.3. The van der Waals surface area contributed by atoms with E-state index in [9.17, 15) is 24.0 Å². The van der Waals surface area contributed by atoms with E-state index in [4.69, 9.17) is 5.53 Å². The van der Waals surface area contributed by atoms with E-state index in [0.717, 1.165) is 4.90 Å². The second-order valence-electron chi connectivity index (χ2n) is 5.61. The molecular weight excluding hydrogens is 344 g/mol. The first-order valence-corrected chi connectivity index (χ1v) is 7.59. The van der Waals surface area contributed by atoms with Gasteiger partial charge in [0.05, 0.1) is 16.8 Å². The highest BCUT2D eigenvalue weighted by molar-refractivity contribution is 6.26. The lowest BCUT2D eigenvalue weighted by Gasteiger charge is -2.27. The van der Waals surface area contributed by atoms with Crippen LogP contribution in [0.1, 0.15) is 33.6 Å². The Hall–Kier alpha value is -3.72. The van der Waals surface area contributed by atoms with Crippen molar-refractivity contribution in [3.05, 3.63) is 39.8 Å². The van der Waals surface area contributed by atoms with E-state index in [2.05, 4.69) is 20.7 Å². The number of carbonyl (C=O) groups excluding carboxylic acids is 5. The molecule has 0 radical (unpaired) electrons. The van der Waals surface area contributed by atoms with Gasteiger partial charge >= 0.3 is 0 Å². The number of nitrogens with zero attached hydrogens (tertiary/aromatic N) is 4. The van der Waals surface area contributed by atoms with Crippen LogP contribution in [-0.2, 0) is 14.4 Å². The molecule has 0 spiro atoms. The number of carbonyl (C=O) groups is 5. The summed E-state index contributed by atoms with van der Waals surface area (Å²) in [6.45, 7) is -0.473. The van der Waals surface area contributed by atoms with Crippen LogP contribution in [0.15, 0.2) is 23.3 Å². The predicted octanol–water partition coefficient (Wildman–Crippen LogP) is 0.337. The van der Waals surface area contributed by atoms with Gasteiger partial charge in [0, 0.05) is 11.3 Å². The molecule has 1 unspecified atom stereocenters. The minimum Gasteiger partial charge on any atom is -0.325 e. The Kier molecular flexibility index (Phi) is 4.38. The summed E-state index contributed by atoms with van der Waals surface area (Å²) in [4.78, 5) is 63.7. The molecule has 0 bridgehead atoms. The Morgan fingerprint density at radius 3 is 2.77 bits per heavy atom. The van der Waals surface area contributed by atoms with Crippen LogP contribution in [-0.4, -0.2) is 47.0 Å². The molecule has 11 heteroatoms. The third kappa shape index (κ3) is 2.87. The van der Waals surface area contributed by atoms with Crippen molar-refractivity contribution < 1.29 is 24.0 Å². The van der Waals surface area contributed by atoms with E-state index < -0.39 is 42.1 Å². The lowest BCUT2D eigenvalue weighted by Crippen LogP contribution is -2.54. The Morgan fingerprint density at radius 2 is 2.08 bits per heavy atom. The van der Waals surface area contributed by atoms with Crippen molar-refractivity contribution in [2.75, 3.05) is 11.9 Å². The number of anilines is 1. The molecular formula is C15H12N6O5. The third-order valence-corrected chi connectivity index (χ3v) is 4.02. The van der Waals surface area contributed by atoms with E-state index in [1.54, 1.807) is 0 Å². The molecule has 132 valence electrons. The summed E-state index contributed by atoms with van der Waals surface area (Å²) >= 11 is 0. The average Bonchev–Trinajstić information content (AvgIpc) is 2.85. The molecule has 0 saturated carbocycles. The second-order valence-corrected chi connectivity index (χ2v) is 5.61. The number of piperidine rings is 1. The van der Waals surface area contributed by atoms with Crippen LogP contribution in [0.4, 0.5) is 5.69 Å². The van der Waals surface area contributed by atoms with Crippen LogP contribution in [0.2, 0.25) is 0 Å². The fourth-order valence-corrected chi connectivity index (χ4v) is 2.90. The van der Waals surface area contributed by atoms with Crippen LogP contribution in [0, 0.1) is 0 Å². The summed E-state index contributed by atoms with van der Waals surface area (Å²) < 4.78 is 0. The average molecular weight is 356 g/mol. The second kappa shape index (κ2) is 6.65. The maximum atomic E-state index is 12.8. The topological polar surface area (TPSA) is 161 Å². The van der Waals surface area contributed by atoms with Crippen molar-refractivity contribution in [2.24, 2.45) is 5.11 Å². The summed E-state index contributed by atoms with van der Waals surface area (Å²) in [5, 5.41) is 7.64. The van der Waals surface area contributed by atoms with E-state index in [1.807, 2.05) is 0 Å². The maximum Gasteiger partial charge on any atom is 0.264 e. The minimum atomic E-state index is -1.09. The van der Waals surface area contributed by atoms with Gasteiger partial charge in [-0.25, -0.2) is 0 Å². The van der Waals surface area contributed by atoms with E-state index in [0.29, 0.717) is 0 Å². The van der Waals surface area contributed by atoms with E-state index in [1.165, 1.54) is 18.2 Å². The lowest BCUT2D eigenvalue weighted by molar-refractivity contribution is -0.136. The van der Waals surface area contributed by atoms with Crippen molar-refractivity contribution >= 4 is 35.2 Å². The van der Waals surface area contributed by atoms with Gasteiger partial charge in [-0.05, 0) is 24.1 Å². The molecule has 2 aliphatic heterocycles. The molecule has 1 atom stereocenters. The number of hydrogen-bond donors (Lipinski definition) is 2. The SMILES string of the molecule is [N-]=[N+]=NCC(=O)Nc1cccc2c1C(=O)N(C1CCC(=O)NC1=O)C2=O. The molecule has 1 fully saturated rings. The molecule has 2 N–H and O–H groups in total. The lowest BCUT2D eigenvalue weighted by atomic mass is 10.0. The fraction of sp³-hybridized carbons (Fsp3) is 0.267. The molecule has 26 heavy (non-hydrogen) atoms. The van der Waals surface area contributed by atoms with Crippen molar-refractivity contribution in [3.8, 4) is 0 Å². The number of amides is 5. The van der Waals surface area contributed by atoms with Crippen LogP contribution in [0.3, 0.4) is 0 Å². The smallest absolute Gasteiger partial charge is 0.264 e. The summed E-state index contributed by atoms with van der Waals surface area (Å²) in [6, 6.07) is 3.21. The molecule has 5 amide bonds. The molecule has 1 aromatic rings. The first-order chi connectivity index (χ1) is 12.4. The van der Waals surface area contributed by atoms with Gasteiger partial charge in [-0.2, -0.15) is 0 Å². The molecule has 0 aliphatic carbocycles. The number of hydrogen-bond acceptors (Lipinski definition) is 6. The molecule has 1 aromatic carbocycles. The highest BCUT2D eigenvalue weighted by atomic mass is 16.2. The van der Waals surface area contributed by atoms with Gasteiger partial charge in [0.25, 0.3) is 11.8 Å². The molecule has 0 aromatic heterocycles. The Bertz CT molecular complexity index is 904. The Labute approximate surface area is 146 Å². The van der Waals surface area contributed by atoms with Gasteiger partial charge in [-0.3, -0.25) is 34.2 Å². The van der Waals surface area contributed by atoms with Crippen LogP contribution < -0.4 is 10.6 Å². The highest BCUT2D eigenvalue weighted by Crippen LogP contribution is 2.32. The normalized spacial score (nSPS) is 18.9. The quantitative estimate of drug-likeness (QED) is 0.343. The Balaban J connectivity index is 1.91. The Morgan fingerprint density at radius 1 is 1.31 bits per heavy atom. The molecule has 3 rings (SSSR count). The summed E-state index contributed by atoms with van der Waals surface area (Å²) in [5.74, 6) is -3.25. The predicted molar refractivity (Wildman–Crippen MR) is 85.8 cm³/mol. The van der Waals surface area contributed by atoms with Crippen LogP contribution in [0.5, 0.6) is 0 Å². The largest absolute Gasteiger partial charge is 0.325 e. The third-order valence-electron chi connectivity index (χ3n) is 4.02. The van der Waals surface area contributed by atoms with Gasteiger partial charge in [0.1, 0.15) is 12.6 Å². The van der Waals surface area contributed by atoms with Crippen molar-refractivity contribution in [1.29, 1.82) is 0 Å². The van der Waals surface area contributed by atoms with Crippen molar-refractivity contribution in [3.63, 3.8) is 0 Å². The summed E-state index contributed by atoms with van der Waals surface area (Å²) in [5.41, 5.74) is 8.32. The van der Waals surface area contributed by atoms with Crippen LogP contribution in [0.25, 0.3) is 10.4 Å². The zero-order chi connectivity index (χ0) is 18.8. The van der Waals surface area contributed by atoms with Gasteiger partial charge in [-0.15, -0.1) is 0 Å². The summed E-state index contributed by atoms with van der Waals surface area (Å²) in [7, 11) is 0. The van der Waals surface area contributed by atoms with E-state index >= 15 is 0 Å². The number of nitrogens with one attached hydrogen (secondary N) is 2. The standard InChI is InChI=1S/C15H12N6O5/c16-20-17-6-11(23)18-8-3-1-2-7-12(8)15(26)21(14(7)25)9-4-5-10(22)19-13(9)24/h1-3,9H,4-6H2,(H,18,23)(H,19,22,24). The minimum absolute atomic E-state index is 0.0135. The summed E-state index contributed by atoms with van der Waals surface area (Å²) in [6.07, 6.45) is 0.0499. The maximum absolute atomic E-state index is 12.8. The molecule has 1 saturated heterocycles. The fourth-order valence-electron chi connectivity index (χ4n) is 2.90. The first kappa shape index (κ1) is 17.1. The van der Waals surface area contributed by atoms with Crippen molar-refractivity contribution in [1.82, 2.24) is 10.2 Å². The van der Waals surface area contributed by atoms with Crippen LogP contribution >= 0.6 is 0 Å². The monoisotopic (exact) mass is 356 g/mol. The van der Waals surface area contributed by atoms with Crippen molar-refractivity contribution in [2.45, 2.75) is 18.9 Å². The number of imide groups is 2. The molecule has 2 heterocycles. The van der Waals surface area contributed by atoms with Gasteiger partial charge in [0.15, 0.2) is 0 Å². The van der Waals surface area contributed by atoms with E-state index in [-0.39, 0.29) is 29.7 Å². The number of azide groups is 1.